The van der Waals surface area contributed by atoms with Crippen molar-refractivity contribution >= 4 is 17.8 Å². The first-order valence-corrected chi connectivity index (χ1v) is 4.54. The molecule has 0 amide bonds. The molecule has 0 bridgehead atoms. The van der Waals surface area contributed by atoms with Crippen LogP contribution in [0.3, 0.4) is 0 Å². The second kappa shape index (κ2) is 4.86. The molecule has 1 aromatic carbocycles. The van der Waals surface area contributed by atoms with Crippen molar-refractivity contribution in [3.63, 3.8) is 0 Å². The average molecular weight is 215 g/mol. The molecule has 0 atom stereocenters. The molecule has 0 aliphatic heterocycles. The van der Waals surface area contributed by atoms with Gasteiger partial charge in [0.15, 0.2) is 0 Å². The summed E-state index contributed by atoms with van der Waals surface area (Å²) in [5.74, 6) is 0.0421. The second-order valence-corrected chi connectivity index (χ2v) is 3.21. The summed E-state index contributed by atoms with van der Waals surface area (Å²) in [4.78, 5) is 11.0. The predicted molar refractivity (Wildman–Crippen MR) is 53.5 cm³/mol. The van der Waals surface area contributed by atoms with Crippen LogP contribution in [0.5, 0.6) is 5.75 Å². The molecule has 0 aliphatic rings. The van der Waals surface area contributed by atoms with E-state index < -0.39 is 5.97 Å². The van der Waals surface area contributed by atoms with Crippen molar-refractivity contribution in [3.05, 3.63) is 29.8 Å². The van der Waals surface area contributed by atoms with E-state index in [-0.39, 0.29) is 6.10 Å². The van der Waals surface area contributed by atoms with Gasteiger partial charge in [0.1, 0.15) is 17.6 Å². The Bertz CT molecular complexity index is 323. The third kappa shape index (κ3) is 2.92. The first-order chi connectivity index (χ1) is 6.63. The van der Waals surface area contributed by atoms with Gasteiger partial charge in [0, 0.05) is 0 Å². The fraction of sp³-hybridized carbons (Fsp3) is 0.300. The van der Waals surface area contributed by atoms with Gasteiger partial charge in [0.25, 0.3) is 0 Å². The molecule has 0 spiro atoms. The highest BCUT2D eigenvalue weighted by Gasteiger charge is 2.07. The summed E-state index contributed by atoms with van der Waals surface area (Å²) in [7, 11) is 0. The van der Waals surface area contributed by atoms with Crippen LogP contribution in [0.15, 0.2) is 24.3 Å². The molecule has 0 aliphatic carbocycles. The van der Waals surface area contributed by atoms with Gasteiger partial charge >= 0.3 is 5.97 Å². The standard InChI is InChI=1S/C10H11ClO3/c1-7(2)13-9-5-3-4-8(6-9)10(12)14-11/h3-7H,1-2H3. The fourth-order valence-corrected chi connectivity index (χ4v) is 1.10. The number of benzene rings is 1. The van der Waals surface area contributed by atoms with Crippen molar-refractivity contribution in [2.24, 2.45) is 0 Å². The fourth-order valence-electron chi connectivity index (χ4n) is 1.01. The minimum atomic E-state index is -0.583. The van der Waals surface area contributed by atoms with Crippen molar-refractivity contribution in [2.75, 3.05) is 0 Å². The summed E-state index contributed by atoms with van der Waals surface area (Å²) in [6.45, 7) is 3.82. The number of ether oxygens (including phenoxy) is 1. The Morgan fingerprint density at radius 2 is 2.14 bits per heavy atom. The zero-order chi connectivity index (χ0) is 10.6. The van der Waals surface area contributed by atoms with E-state index in [1.54, 1.807) is 24.3 Å². The van der Waals surface area contributed by atoms with Gasteiger partial charge in [-0.15, -0.1) is 0 Å². The largest absolute Gasteiger partial charge is 0.491 e. The van der Waals surface area contributed by atoms with Crippen LogP contribution in [-0.2, 0) is 4.29 Å². The van der Waals surface area contributed by atoms with E-state index in [1.165, 1.54) is 0 Å². The zero-order valence-corrected chi connectivity index (χ0v) is 8.75. The Labute approximate surface area is 87.8 Å². The number of hydrogen-bond acceptors (Lipinski definition) is 3. The number of hydrogen-bond donors (Lipinski definition) is 0. The average Bonchev–Trinajstić information content (AvgIpc) is 2.16. The second-order valence-electron chi connectivity index (χ2n) is 3.06. The maximum Gasteiger partial charge on any atom is 0.356 e. The Hall–Kier alpha value is -1.22. The van der Waals surface area contributed by atoms with Crippen LogP contribution >= 0.6 is 11.9 Å². The van der Waals surface area contributed by atoms with Gasteiger partial charge in [-0.05, 0) is 32.0 Å². The van der Waals surface area contributed by atoms with Gasteiger partial charge in [0.05, 0.1) is 11.7 Å². The zero-order valence-electron chi connectivity index (χ0n) is 7.99. The lowest BCUT2D eigenvalue weighted by atomic mass is 10.2. The van der Waals surface area contributed by atoms with E-state index in [0.717, 1.165) is 0 Å². The third-order valence-corrected chi connectivity index (χ3v) is 1.65. The predicted octanol–water partition coefficient (Wildman–Crippen LogP) is 2.78. The van der Waals surface area contributed by atoms with Crippen LogP contribution < -0.4 is 4.74 Å². The van der Waals surface area contributed by atoms with Crippen LogP contribution in [0.1, 0.15) is 24.2 Å². The Morgan fingerprint density at radius 3 is 2.71 bits per heavy atom. The Balaban J connectivity index is 2.84. The first kappa shape index (κ1) is 10.9. The third-order valence-electron chi connectivity index (χ3n) is 1.51. The molecule has 1 aromatic rings. The molecule has 0 fully saturated rings. The Morgan fingerprint density at radius 1 is 1.43 bits per heavy atom. The highest BCUT2D eigenvalue weighted by atomic mass is 35.5. The summed E-state index contributed by atoms with van der Waals surface area (Å²) >= 11 is 4.95. The van der Waals surface area contributed by atoms with E-state index in [1.807, 2.05) is 13.8 Å². The molecule has 3 nitrogen and oxygen atoms in total. The van der Waals surface area contributed by atoms with Crippen LogP contribution in [0.2, 0.25) is 0 Å². The molecule has 1 rings (SSSR count). The molecule has 76 valence electrons. The number of rotatable bonds is 3. The van der Waals surface area contributed by atoms with E-state index in [2.05, 4.69) is 4.29 Å². The number of halogens is 1. The van der Waals surface area contributed by atoms with E-state index in [0.29, 0.717) is 11.3 Å². The molecular weight excluding hydrogens is 204 g/mol. The smallest absolute Gasteiger partial charge is 0.356 e. The van der Waals surface area contributed by atoms with Crippen molar-refractivity contribution in [1.82, 2.24) is 0 Å². The van der Waals surface area contributed by atoms with Crippen LogP contribution in [0, 0.1) is 0 Å². The molecular formula is C10H11ClO3. The topological polar surface area (TPSA) is 35.5 Å². The van der Waals surface area contributed by atoms with Gasteiger partial charge in [-0.1, -0.05) is 6.07 Å². The molecule has 14 heavy (non-hydrogen) atoms. The van der Waals surface area contributed by atoms with Gasteiger partial charge in [-0.3, -0.25) is 0 Å². The summed E-state index contributed by atoms with van der Waals surface area (Å²) in [5, 5.41) is 0. The normalized spacial score (nSPS) is 10.0. The van der Waals surface area contributed by atoms with Gasteiger partial charge in [-0.25, -0.2) is 4.79 Å². The maximum absolute atomic E-state index is 11.0. The summed E-state index contributed by atoms with van der Waals surface area (Å²) in [6.07, 6.45) is 0.0669. The minimum Gasteiger partial charge on any atom is -0.491 e. The lowest BCUT2D eigenvalue weighted by Crippen LogP contribution is -2.06. The molecule has 0 saturated carbocycles. The van der Waals surface area contributed by atoms with Crippen LogP contribution in [-0.4, -0.2) is 12.1 Å². The van der Waals surface area contributed by atoms with Gasteiger partial charge < -0.3 is 9.03 Å². The SMILES string of the molecule is CC(C)Oc1cccc(C(=O)OCl)c1. The minimum absolute atomic E-state index is 0.0669. The highest BCUT2D eigenvalue weighted by Crippen LogP contribution is 2.15. The summed E-state index contributed by atoms with van der Waals surface area (Å²) in [5.41, 5.74) is 0.373. The molecule has 0 N–H and O–H groups in total. The van der Waals surface area contributed by atoms with E-state index in [9.17, 15) is 4.79 Å². The van der Waals surface area contributed by atoms with E-state index >= 15 is 0 Å². The van der Waals surface area contributed by atoms with Crippen molar-refractivity contribution < 1.29 is 13.8 Å². The van der Waals surface area contributed by atoms with E-state index in [4.69, 9.17) is 16.6 Å². The van der Waals surface area contributed by atoms with Crippen molar-refractivity contribution in [1.29, 1.82) is 0 Å². The molecule has 4 heteroatoms. The van der Waals surface area contributed by atoms with Gasteiger partial charge in [0.2, 0.25) is 0 Å². The molecule has 0 aromatic heterocycles. The lowest BCUT2D eigenvalue weighted by molar-refractivity contribution is 0.0750. The maximum atomic E-state index is 11.0. The molecule has 0 saturated heterocycles. The monoisotopic (exact) mass is 214 g/mol. The van der Waals surface area contributed by atoms with Gasteiger partial charge in [-0.2, -0.15) is 0 Å². The van der Waals surface area contributed by atoms with Crippen molar-refractivity contribution in [2.45, 2.75) is 20.0 Å². The number of carbonyl (C=O) groups excluding carboxylic acids is 1. The summed E-state index contributed by atoms with van der Waals surface area (Å²) < 4.78 is 9.47. The highest BCUT2D eigenvalue weighted by molar-refractivity contribution is 6.15. The van der Waals surface area contributed by atoms with Crippen LogP contribution in [0.4, 0.5) is 0 Å². The molecule has 0 heterocycles. The van der Waals surface area contributed by atoms with Crippen LogP contribution in [0.25, 0.3) is 0 Å². The molecule has 0 unspecified atom stereocenters. The lowest BCUT2D eigenvalue weighted by Gasteiger charge is -2.09. The Kier molecular flexibility index (Phi) is 3.77. The summed E-state index contributed by atoms with van der Waals surface area (Å²) in [6, 6.07) is 6.68. The molecule has 0 radical (unpaired) electrons. The quantitative estimate of drug-likeness (QED) is 0.776. The number of carbonyl (C=O) groups is 1. The first-order valence-electron chi connectivity index (χ1n) is 4.23. The van der Waals surface area contributed by atoms with Crippen molar-refractivity contribution in [3.8, 4) is 5.75 Å².